The Morgan fingerprint density at radius 1 is 1.29 bits per heavy atom. The van der Waals surface area contributed by atoms with Crippen LogP contribution in [0, 0.1) is 0 Å². The molecule has 1 aromatic heterocycles. The van der Waals surface area contributed by atoms with Crippen molar-refractivity contribution in [3.63, 3.8) is 0 Å². The minimum absolute atomic E-state index is 0.00747. The molecule has 2 aromatic rings. The molecule has 28 heavy (non-hydrogen) atoms. The van der Waals surface area contributed by atoms with Crippen molar-refractivity contribution in [1.29, 1.82) is 0 Å². The normalized spacial score (nSPS) is 16.6. The molecule has 1 aliphatic rings. The van der Waals surface area contributed by atoms with E-state index in [0.717, 1.165) is 25.0 Å². The summed E-state index contributed by atoms with van der Waals surface area (Å²) >= 11 is 0. The van der Waals surface area contributed by atoms with Gasteiger partial charge in [-0.3, -0.25) is 10.0 Å². The van der Waals surface area contributed by atoms with Crippen molar-refractivity contribution in [3.8, 4) is 5.69 Å². The molecule has 1 saturated heterocycles. The van der Waals surface area contributed by atoms with Gasteiger partial charge in [0.1, 0.15) is 0 Å². The summed E-state index contributed by atoms with van der Waals surface area (Å²) in [6.45, 7) is 2.36. The molecule has 152 valence electrons. The SMILES string of the molecule is CCCCc1cn(-c2ccc(S(=O)(=O)C3(C(=O)NO)CCOCC3)cc2)nn1. The summed E-state index contributed by atoms with van der Waals surface area (Å²) in [6.07, 6.45) is 4.70. The maximum atomic E-state index is 13.2. The number of sulfone groups is 1. The van der Waals surface area contributed by atoms with Crippen LogP contribution in [0.2, 0.25) is 0 Å². The fourth-order valence-corrected chi connectivity index (χ4v) is 5.26. The highest BCUT2D eigenvalue weighted by molar-refractivity contribution is 7.93. The van der Waals surface area contributed by atoms with E-state index >= 15 is 0 Å². The Bertz CT molecular complexity index is 918. The lowest BCUT2D eigenvalue weighted by Gasteiger charge is -2.34. The summed E-state index contributed by atoms with van der Waals surface area (Å²) in [7, 11) is -4.04. The van der Waals surface area contributed by atoms with Crippen LogP contribution < -0.4 is 5.48 Å². The maximum Gasteiger partial charge on any atom is 0.265 e. The first-order valence-electron chi connectivity index (χ1n) is 9.23. The van der Waals surface area contributed by atoms with Gasteiger partial charge >= 0.3 is 0 Å². The maximum absolute atomic E-state index is 13.2. The number of hydroxylamine groups is 1. The van der Waals surface area contributed by atoms with Gasteiger partial charge in [0.2, 0.25) is 0 Å². The highest BCUT2D eigenvalue weighted by Gasteiger charge is 2.52. The van der Waals surface area contributed by atoms with E-state index in [9.17, 15) is 13.2 Å². The van der Waals surface area contributed by atoms with E-state index in [-0.39, 0.29) is 31.0 Å². The number of benzene rings is 1. The van der Waals surface area contributed by atoms with E-state index in [1.54, 1.807) is 16.8 Å². The van der Waals surface area contributed by atoms with E-state index in [0.29, 0.717) is 5.69 Å². The topological polar surface area (TPSA) is 123 Å². The second-order valence-corrected chi connectivity index (χ2v) is 9.06. The summed E-state index contributed by atoms with van der Waals surface area (Å²) in [4.78, 5) is 12.3. The molecule has 1 amide bonds. The van der Waals surface area contributed by atoms with Crippen molar-refractivity contribution in [3.05, 3.63) is 36.2 Å². The van der Waals surface area contributed by atoms with Gasteiger partial charge in [0, 0.05) is 13.2 Å². The number of amides is 1. The Morgan fingerprint density at radius 3 is 2.57 bits per heavy atom. The molecule has 0 unspecified atom stereocenters. The van der Waals surface area contributed by atoms with Gasteiger partial charge in [0.05, 0.1) is 22.5 Å². The third-order valence-electron chi connectivity index (χ3n) is 5.07. The highest BCUT2D eigenvalue weighted by Crippen LogP contribution is 2.35. The molecular formula is C18H24N4O5S. The lowest BCUT2D eigenvalue weighted by atomic mass is 9.98. The molecule has 3 rings (SSSR count). The zero-order valence-electron chi connectivity index (χ0n) is 15.7. The molecule has 2 heterocycles. The van der Waals surface area contributed by atoms with Crippen LogP contribution >= 0.6 is 0 Å². The zero-order valence-corrected chi connectivity index (χ0v) is 16.5. The first-order valence-corrected chi connectivity index (χ1v) is 10.7. The van der Waals surface area contributed by atoms with Gasteiger partial charge in [-0.2, -0.15) is 0 Å². The Morgan fingerprint density at radius 2 is 1.96 bits per heavy atom. The Kier molecular flexibility index (Phi) is 6.11. The quantitative estimate of drug-likeness (QED) is 0.525. The minimum atomic E-state index is -4.04. The van der Waals surface area contributed by atoms with Gasteiger partial charge in [-0.15, -0.1) is 5.10 Å². The highest BCUT2D eigenvalue weighted by atomic mass is 32.2. The summed E-state index contributed by atoms with van der Waals surface area (Å²) in [6, 6.07) is 6.13. The zero-order chi connectivity index (χ0) is 20.2. The van der Waals surface area contributed by atoms with E-state index in [1.807, 2.05) is 6.20 Å². The minimum Gasteiger partial charge on any atom is -0.381 e. The molecule has 0 aliphatic carbocycles. The predicted octanol–water partition coefficient (Wildman–Crippen LogP) is 1.44. The van der Waals surface area contributed by atoms with Crippen LogP contribution in [-0.4, -0.2) is 52.5 Å². The number of aryl methyl sites for hydroxylation is 1. The number of rotatable bonds is 7. The van der Waals surface area contributed by atoms with E-state index in [2.05, 4.69) is 17.2 Å². The first-order chi connectivity index (χ1) is 13.4. The number of carbonyl (C=O) groups excluding carboxylic acids is 1. The second kappa shape index (κ2) is 8.38. The van der Waals surface area contributed by atoms with Gasteiger partial charge < -0.3 is 4.74 Å². The van der Waals surface area contributed by atoms with Gasteiger partial charge in [0.15, 0.2) is 14.6 Å². The van der Waals surface area contributed by atoms with Crippen LogP contribution in [-0.2, 0) is 25.8 Å². The fraction of sp³-hybridized carbons (Fsp3) is 0.500. The van der Waals surface area contributed by atoms with Crippen molar-refractivity contribution in [1.82, 2.24) is 20.5 Å². The van der Waals surface area contributed by atoms with Crippen molar-refractivity contribution in [2.45, 2.75) is 48.7 Å². The van der Waals surface area contributed by atoms with E-state index in [1.165, 1.54) is 17.6 Å². The largest absolute Gasteiger partial charge is 0.381 e. The van der Waals surface area contributed by atoms with Crippen LogP contribution in [0.5, 0.6) is 0 Å². The number of nitrogens with zero attached hydrogens (tertiary/aromatic N) is 3. The average Bonchev–Trinajstić information content (AvgIpc) is 3.21. The number of nitrogens with one attached hydrogen (secondary N) is 1. The smallest absolute Gasteiger partial charge is 0.265 e. The number of ether oxygens (including phenoxy) is 1. The van der Waals surface area contributed by atoms with Crippen molar-refractivity contribution < 1.29 is 23.2 Å². The second-order valence-electron chi connectivity index (χ2n) is 6.80. The summed E-state index contributed by atoms with van der Waals surface area (Å²) in [5, 5.41) is 17.3. The van der Waals surface area contributed by atoms with Gasteiger partial charge in [-0.1, -0.05) is 18.6 Å². The van der Waals surface area contributed by atoms with Crippen LogP contribution in [0.1, 0.15) is 38.3 Å². The molecule has 0 spiro atoms. The molecule has 10 heteroatoms. The summed E-state index contributed by atoms with van der Waals surface area (Å²) in [5.74, 6) is -0.934. The van der Waals surface area contributed by atoms with Gasteiger partial charge in [-0.05, 0) is 49.9 Å². The molecule has 2 N–H and O–H groups in total. The van der Waals surface area contributed by atoms with Crippen LogP contribution in [0.15, 0.2) is 35.4 Å². The van der Waals surface area contributed by atoms with Crippen molar-refractivity contribution >= 4 is 15.7 Å². The number of carbonyl (C=O) groups is 1. The van der Waals surface area contributed by atoms with E-state index in [4.69, 9.17) is 9.94 Å². The third kappa shape index (κ3) is 3.67. The summed E-state index contributed by atoms with van der Waals surface area (Å²) in [5.41, 5.74) is 3.05. The van der Waals surface area contributed by atoms with Crippen LogP contribution in [0.25, 0.3) is 5.69 Å². The van der Waals surface area contributed by atoms with Gasteiger partial charge in [-0.25, -0.2) is 18.6 Å². The molecule has 1 aliphatic heterocycles. The monoisotopic (exact) mass is 408 g/mol. The number of aromatic nitrogens is 3. The third-order valence-corrected chi connectivity index (χ3v) is 7.58. The molecular weight excluding hydrogens is 384 g/mol. The molecule has 0 atom stereocenters. The molecule has 1 fully saturated rings. The Hall–Kier alpha value is -2.30. The molecule has 1 aromatic carbocycles. The average molecular weight is 408 g/mol. The molecule has 0 radical (unpaired) electrons. The standard InChI is InChI=1S/C18H24N4O5S/c1-2-3-4-14-13-22(21-19-14)15-5-7-16(8-6-15)28(25,26)18(17(23)20-24)9-11-27-12-10-18/h5-8,13,24H,2-4,9-12H2,1H3,(H,20,23). The Labute approximate surface area is 163 Å². The lowest BCUT2D eigenvalue weighted by molar-refractivity contribution is -0.134. The number of hydrogen-bond acceptors (Lipinski definition) is 7. The summed E-state index contributed by atoms with van der Waals surface area (Å²) < 4.78 is 31.5. The lowest BCUT2D eigenvalue weighted by Crippen LogP contribution is -2.54. The van der Waals surface area contributed by atoms with Crippen molar-refractivity contribution in [2.24, 2.45) is 0 Å². The predicted molar refractivity (Wildman–Crippen MR) is 99.9 cm³/mol. The fourth-order valence-electron chi connectivity index (χ4n) is 3.32. The molecule has 0 bridgehead atoms. The first kappa shape index (κ1) is 20.4. The van der Waals surface area contributed by atoms with Crippen LogP contribution in [0.4, 0.5) is 0 Å². The van der Waals surface area contributed by atoms with E-state index < -0.39 is 20.5 Å². The Balaban J connectivity index is 1.89. The molecule has 9 nitrogen and oxygen atoms in total. The number of unbranched alkanes of at least 4 members (excludes halogenated alkanes) is 1. The number of hydrogen-bond donors (Lipinski definition) is 2. The van der Waals surface area contributed by atoms with Crippen LogP contribution in [0.3, 0.4) is 0 Å². The van der Waals surface area contributed by atoms with Gasteiger partial charge in [0.25, 0.3) is 5.91 Å². The van der Waals surface area contributed by atoms with Crippen molar-refractivity contribution in [2.75, 3.05) is 13.2 Å². The molecule has 0 saturated carbocycles.